The molecule has 6 nitrogen and oxygen atoms in total. The van der Waals surface area contributed by atoms with Crippen molar-refractivity contribution < 1.29 is 14.3 Å². The van der Waals surface area contributed by atoms with E-state index in [0.29, 0.717) is 11.4 Å². The maximum atomic E-state index is 11.8. The third-order valence-electron chi connectivity index (χ3n) is 2.40. The van der Waals surface area contributed by atoms with Gasteiger partial charge in [-0.2, -0.15) is 5.10 Å². The van der Waals surface area contributed by atoms with E-state index in [9.17, 15) is 9.59 Å². The summed E-state index contributed by atoms with van der Waals surface area (Å²) in [6.07, 6.45) is 0. The van der Waals surface area contributed by atoms with Crippen molar-refractivity contribution in [2.45, 2.75) is 6.92 Å². The Labute approximate surface area is 129 Å². The van der Waals surface area contributed by atoms with Gasteiger partial charge in [-0.05, 0) is 41.6 Å². The third-order valence-corrected chi connectivity index (χ3v) is 3.34. The number of nitrogens with one attached hydrogen (secondary N) is 2. The molecule has 0 fully saturated rings. The second kappa shape index (κ2) is 6.51. The van der Waals surface area contributed by atoms with Crippen molar-refractivity contribution in [2.75, 3.05) is 11.9 Å². The smallest absolute Gasteiger partial charge is 0.339 e. The second-order valence-corrected chi connectivity index (χ2v) is 5.20. The van der Waals surface area contributed by atoms with Crippen LogP contribution in [0.25, 0.3) is 0 Å². The summed E-state index contributed by atoms with van der Waals surface area (Å²) in [5.41, 5.74) is 1.27. The van der Waals surface area contributed by atoms with Crippen molar-refractivity contribution in [1.82, 2.24) is 10.2 Å². The average Bonchev–Trinajstić information content (AvgIpc) is 2.82. The summed E-state index contributed by atoms with van der Waals surface area (Å²) in [7, 11) is 0. The van der Waals surface area contributed by atoms with Crippen LogP contribution < -0.4 is 5.32 Å². The number of H-pyrrole nitrogens is 1. The Hall–Kier alpha value is -1.90. The molecule has 0 saturated heterocycles. The molecular weight excluding hydrogens is 373 g/mol. The zero-order valence-electron chi connectivity index (χ0n) is 10.6. The SMILES string of the molecule is Cc1cc(NC(=O)COC(=O)c2ccccc2I)n[nH]1. The molecule has 0 spiro atoms. The van der Waals surface area contributed by atoms with E-state index in [2.05, 4.69) is 15.5 Å². The van der Waals surface area contributed by atoms with Gasteiger partial charge in [0, 0.05) is 15.3 Å². The normalized spacial score (nSPS) is 10.1. The van der Waals surface area contributed by atoms with Gasteiger partial charge in [0.05, 0.1) is 5.56 Å². The molecule has 20 heavy (non-hydrogen) atoms. The van der Waals surface area contributed by atoms with E-state index in [0.717, 1.165) is 9.26 Å². The molecule has 0 saturated carbocycles. The Morgan fingerprint density at radius 2 is 2.15 bits per heavy atom. The lowest BCUT2D eigenvalue weighted by Gasteiger charge is -2.06. The molecule has 1 amide bonds. The third kappa shape index (κ3) is 3.80. The van der Waals surface area contributed by atoms with Crippen molar-refractivity contribution in [3.05, 3.63) is 45.2 Å². The maximum absolute atomic E-state index is 11.8. The number of carbonyl (C=O) groups is 2. The molecule has 0 atom stereocenters. The highest BCUT2D eigenvalue weighted by atomic mass is 127. The van der Waals surface area contributed by atoms with Gasteiger partial charge in [0.15, 0.2) is 12.4 Å². The highest BCUT2D eigenvalue weighted by Gasteiger charge is 2.13. The number of esters is 1. The minimum atomic E-state index is -0.525. The predicted molar refractivity (Wildman–Crippen MR) is 81.4 cm³/mol. The van der Waals surface area contributed by atoms with Crippen LogP contribution in [0.4, 0.5) is 5.82 Å². The molecular formula is C13H12IN3O3. The molecule has 1 aromatic carbocycles. The van der Waals surface area contributed by atoms with E-state index in [4.69, 9.17) is 4.74 Å². The number of ether oxygens (including phenoxy) is 1. The van der Waals surface area contributed by atoms with E-state index in [1.165, 1.54) is 0 Å². The van der Waals surface area contributed by atoms with Crippen LogP contribution in [0.3, 0.4) is 0 Å². The number of rotatable bonds is 4. The summed E-state index contributed by atoms with van der Waals surface area (Å²) >= 11 is 2.04. The van der Waals surface area contributed by atoms with Gasteiger partial charge in [-0.3, -0.25) is 9.89 Å². The van der Waals surface area contributed by atoms with Gasteiger partial charge in [0.2, 0.25) is 0 Å². The minimum Gasteiger partial charge on any atom is -0.452 e. The van der Waals surface area contributed by atoms with Crippen LogP contribution in [0.5, 0.6) is 0 Å². The first kappa shape index (κ1) is 14.5. The fourth-order valence-electron chi connectivity index (χ4n) is 1.50. The number of carbonyl (C=O) groups excluding carboxylic acids is 2. The average molecular weight is 385 g/mol. The van der Waals surface area contributed by atoms with Crippen LogP contribution in [-0.4, -0.2) is 28.7 Å². The van der Waals surface area contributed by atoms with Crippen molar-refractivity contribution in [2.24, 2.45) is 0 Å². The molecule has 0 bridgehead atoms. The number of amides is 1. The number of aromatic amines is 1. The Morgan fingerprint density at radius 3 is 2.80 bits per heavy atom. The summed E-state index contributed by atoms with van der Waals surface area (Å²) in [5, 5.41) is 9.08. The minimum absolute atomic E-state index is 0.351. The first-order valence-corrected chi connectivity index (χ1v) is 6.87. The van der Waals surface area contributed by atoms with E-state index in [1.807, 2.05) is 35.6 Å². The van der Waals surface area contributed by atoms with Crippen molar-refractivity contribution in [1.29, 1.82) is 0 Å². The summed E-state index contributed by atoms with van der Waals surface area (Å²) in [5.74, 6) is -0.558. The number of aryl methyl sites for hydroxylation is 1. The molecule has 2 N–H and O–H groups in total. The number of halogens is 1. The first-order valence-electron chi connectivity index (χ1n) is 5.80. The Balaban J connectivity index is 1.87. The fourth-order valence-corrected chi connectivity index (χ4v) is 2.10. The zero-order chi connectivity index (χ0) is 14.5. The number of nitrogens with zero attached hydrogens (tertiary/aromatic N) is 1. The standard InChI is InChI=1S/C13H12IN3O3/c1-8-6-11(17-16-8)15-12(18)7-20-13(19)9-4-2-3-5-10(9)14/h2-6H,7H2,1H3,(H2,15,16,17,18). The molecule has 0 radical (unpaired) electrons. The second-order valence-electron chi connectivity index (χ2n) is 4.04. The van der Waals surface area contributed by atoms with Gasteiger partial charge < -0.3 is 10.1 Å². The van der Waals surface area contributed by atoms with Gasteiger partial charge in [0.25, 0.3) is 5.91 Å². The largest absolute Gasteiger partial charge is 0.452 e. The lowest BCUT2D eigenvalue weighted by Crippen LogP contribution is -2.21. The van der Waals surface area contributed by atoms with Gasteiger partial charge >= 0.3 is 5.97 Å². The molecule has 0 aliphatic heterocycles. The summed E-state index contributed by atoms with van der Waals surface area (Å²) in [4.78, 5) is 23.4. The van der Waals surface area contributed by atoms with Crippen molar-refractivity contribution >= 4 is 40.3 Å². The number of hydrogen-bond acceptors (Lipinski definition) is 4. The van der Waals surface area contributed by atoms with E-state index >= 15 is 0 Å². The highest BCUT2D eigenvalue weighted by Crippen LogP contribution is 2.12. The van der Waals surface area contributed by atoms with Crippen LogP contribution in [-0.2, 0) is 9.53 Å². The molecule has 1 heterocycles. The van der Waals surface area contributed by atoms with E-state index < -0.39 is 11.9 Å². The number of benzene rings is 1. The summed E-state index contributed by atoms with van der Waals surface area (Å²) in [6, 6.07) is 8.69. The molecule has 2 rings (SSSR count). The van der Waals surface area contributed by atoms with Crippen LogP contribution in [0.2, 0.25) is 0 Å². The van der Waals surface area contributed by atoms with Crippen molar-refractivity contribution in [3.63, 3.8) is 0 Å². The molecule has 104 valence electrons. The van der Waals surface area contributed by atoms with E-state index in [-0.39, 0.29) is 6.61 Å². The quantitative estimate of drug-likeness (QED) is 0.624. The van der Waals surface area contributed by atoms with E-state index in [1.54, 1.807) is 24.3 Å². The summed E-state index contributed by atoms with van der Waals surface area (Å²) in [6.45, 7) is 1.47. The molecule has 0 aliphatic carbocycles. The first-order chi connectivity index (χ1) is 9.56. The lowest BCUT2D eigenvalue weighted by molar-refractivity contribution is -0.119. The van der Waals surface area contributed by atoms with Gasteiger partial charge in [-0.25, -0.2) is 4.79 Å². The topological polar surface area (TPSA) is 84.1 Å². The molecule has 2 aromatic rings. The molecule has 7 heteroatoms. The predicted octanol–water partition coefficient (Wildman–Crippen LogP) is 2.12. The zero-order valence-corrected chi connectivity index (χ0v) is 12.8. The molecule has 0 aliphatic rings. The summed E-state index contributed by atoms with van der Waals surface area (Å²) < 4.78 is 5.73. The van der Waals surface area contributed by atoms with Crippen LogP contribution in [0.1, 0.15) is 16.1 Å². The Kier molecular flexibility index (Phi) is 4.72. The fraction of sp³-hybridized carbons (Fsp3) is 0.154. The number of hydrogen-bond donors (Lipinski definition) is 2. The Bertz CT molecular complexity index is 639. The van der Waals surface area contributed by atoms with Crippen LogP contribution in [0.15, 0.2) is 30.3 Å². The number of aromatic nitrogens is 2. The van der Waals surface area contributed by atoms with Gasteiger partial charge in [-0.15, -0.1) is 0 Å². The molecule has 1 aromatic heterocycles. The Morgan fingerprint density at radius 1 is 1.40 bits per heavy atom. The monoisotopic (exact) mass is 385 g/mol. The lowest BCUT2D eigenvalue weighted by atomic mass is 10.2. The van der Waals surface area contributed by atoms with Gasteiger partial charge in [-0.1, -0.05) is 12.1 Å². The van der Waals surface area contributed by atoms with Crippen LogP contribution in [0, 0.1) is 10.5 Å². The number of anilines is 1. The molecule has 0 unspecified atom stereocenters. The maximum Gasteiger partial charge on any atom is 0.339 e. The highest BCUT2D eigenvalue weighted by molar-refractivity contribution is 14.1. The van der Waals surface area contributed by atoms with Gasteiger partial charge in [0.1, 0.15) is 0 Å². The van der Waals surface area contributed by atoms with Crippen molar-refractivity contribution in [3.8, 4) is 0 Å². The van der Waals surface area contributed by atoms with Crippen LogP contribution >= 0.6 is 22.6 Å².